The molecule has 0 aliphatic carbocycles. The van der Waals surface area contributed by atoms with E-state index in [1.54, 1.807) is 0 Å². The van der Waals surface area contributed by atoms with E-state index in [4.69, 9.17) is 4.74 Å². The van der Waals surface area contributed by atoms with Crippen molar-refractivity contribution >= 4 is 31.9 Å². The van der Waals surface area contributed by atoms with E-state index in [1.165, 1.54) is 24.8 Å². The molecule has 4 heteroatoms. The van der Waals surface area contributed by atoms with Gasteiger partial charge in [0.25, 0.3) is 0 Å². The van der Waals surface area contributed by atoms with E-state index < -0.39 is 0 Å². The van der Waals surface area contributed by atoms with Crippen molar-refractivity contribution in [1.29, 1.82) is 0 Å². The molecule has 0 N–H and O–H groups in total. The third-order valence-corrected chi connectivity index (χ3v) is 4.36. The largest absolute Gasteiger partial charge is 0.377 e. The molecule has 118 valence electrons. The van der Waals surface area contributed by atoms with Crippen molar-refractivity contribution in [1.82, 2.24) is 4.98 Å². The predicted molar refractivity (Wildman–Crippen MR) is 98.9 cm³/mol. The summed E-state index contributed by atoms with van der Waals surface area (Å²) in [5.74, 6) is 0. The number of aromatic nitrogens is 1. The molecule has 0 radical (unpaired) electrons. The predicted octanol–water partition coefficient (Wildman–Crippen LogP) is 6.37. The maximum absolute atomic E-state index is 5.79. The van der Waals surface area contributed by atoms with Gasteiger partial charge in [-0.3, -0.25) is 0 Å². The van der Waals surface area contributed by atoms with Gasteiger partial charge in [0.1, 0.15) is 4.60 Å². The number of unbranched alkanes of at least 4 members (excludes halogenated alkanes) is 3. The molecule has 0 saturated carbocycles. The zero-order chi connectivity index (χ0) is 15.8. The molecule has 1 aromatic heterocycles. The third-order valence-electron chi connectivity index (χ3n) is 3.43. The lowest BCUT2D eigenvalue weighted by Gasteiger charge is -2.08. The van der Waals surface area contributed by atoms with Crippen LogP contribution < -0.4 is 0 Å². The highest BCUT2D eigenvalue weighted by Crippen LogP contribution is 2.26. The maximum atomic E-state index is 5.79. The Morgan fingerprint density at radius 2 is 1.86 bits per heavy atom. The van der Waals surface area contributed by atoms with Gasteiger partial charge in [0.15, 0.2) is 0 Å². The van der Waals surface area contributed by atoms with Crippen molar-refractivity contribution in [3.8, 4) is 11.1 Å². The highest BCUT2D eigenvalue weighted by atomic mass is 79.9. The van der Waals surface area contributed by atoms with Gasteiger partial charge in [-0.1, -0.05) is 48.2 Å². The summed E-state index contributed by atoms with van der Waals surface area (Å²) in [6.07, 6.45) is 6.83. The van der Waals surface area contributed by atoms with Crippen LogP contribution in [-0.2, 0) is 11.3 Å². The number of halogens is 2. The molecule has 2 aromatic rings. The Balaban J connectivity index is 1.96. The fourth-order valence-electron chi connectivity index (χ4n) is 2.27. The molecule has 0 aliphatic rings. The average molecular weight is 427 g/mol. The minimum absolute atomic E-state index is 0.655. The number of nitrogens with zero attached hydrogens (tertiary/aromatic N) is 1. The standard InChI is InChI=1S/C18H21Br2NO/c1-2-3-4-5-8-22-13-14-9-16(11-17(19)10-14)15-6-7-18(20)21-12-15/h6-7,9-12H,2-5,8,13H2,1H3. The molecule has 0 bridgehead atoms. The first-order chi connectivity index (χ1) is 10.7. The van der Waals surface area contributed by atoms with Gasteiger partial charge < -0.3 is 4.74 Å². The first kappa shape index (κ1) is 17.6. The molecule has 2 rings (SSSR count). The zero-order valence-corrected chi connectivity index (χ0v) is 16.0. The minimum atomic E-state index is 0.655. The Kier molecular flexibility index (Phi) is 7.56. The summed E-state index contributed by atoms with van der Waals surface area (Å²) >= 11 is 6.95. The Labute approximate surface area is 149 Å². The molecular formula is C18H21Br2NO. The van der Waals surface area contributed by atoms with Crippen LogP contribution in [0.3, 0.4) is 0 Å². The van der Waals surface area contributed by atoms with Crippen LogP contribution in [0.15, 0.2) is 45.6 Å². The molecule has 0 unspecified atom stereocenters. The van der Waals surface area contributed by atoms with Gasteiger partial charge in [-0.15, -0.1) is 0 Å². The highest BCUT2D eigenvalue weighted by Gasteiger charge is 2.03. The monoisotopic (exact) mass is 425 g/mol. The molecule has 0 aliphatic heterocycles. The Morgan fingerprint density at radius 3 is 2.59 bits per heavy atom. The molecule has 22 heavy (non-hydrogen) atoms. The van der Waals surface area contributed by atoms with Gasteiger partial charge in [-0.05, 0) is 57.7 Å². The van der Waals surface area contributed by atoms with Gasteiger partial charge in [0.05, 0.1) is 6.61 Å². The van der Waals surface area contributed by atoms with Gasteiger partial charge in [0.2, 0.25) is 0 Å². The highest BCUT2D eigenvalue weighted by molar-refractivity contribution is 9.10. The van der Waals surface area contributed by atoms with E-state index >= 15 is 0 Å². The normalized spacial score (nSPS) is 10.9. The summed E-state index contributed by atoms with van der Waals surface area (Å²) in [6, 6.07) is 10.4. The second-order valence-electron chi connectivity index (χ2n) is 5.33. The van der Waals surface area contributed by atoms with Crippen molar-refractivity contribution in [3.63, 3.8) is 0 Å². The SMILES string of the molecule is CCCCCCOCc1cc(Br)cc(-c2ccc(Br)nc2)c1. The molecule has 1 aromatic carbocycles. The summed E-state index contributed by atoms with van der Waals surface area (Å²) in [6.45, 7) is 3.71. The van der Waals surface area contributed by atoms with Crippen LogP contribution in [-0.4, -0.2) is 11.6 Å². The second-order valence-corrected chi connectivity index (χ2v) is 7.06. The van der Waals surface area contributed by atoms with E-state index in [2.05, 4.69) is 68.0 Å². The molecule has 1 heterocycles. The van der Waals surface area contributed by atoms with Crippen LogP contribution in [0.5, 0.6) is 0 Å². The van der Waals surface area contributed by atoms with Crippen LogP contribution >= 0.6 is 31.9 Å². The molecule has 2 nitrogen and oxygen atoms in total. The number of hydrogen-bond acceptors (Lipinski definition) is 2. The molecule has 0 atom stereocenters. The quantitative estimate of drug-likeness (QED) is 0.361. The number of benzene rings is 1. The van der Waals surface area contributed by atoms with Crippen LogP contribution in [0, 0.1) is 0 Å². The lowest BCUT2D eigenvalue weighted by Crippen LogP contribution is -1.96. The number of rotatable bonds is 8. The van der Waals surface area contributed by atoms with E-state index in [0.717, 1.165) is 33.2 Å². The maximum Gasteiger partial charge on any atom is 0.106 e. The topological polar surface area (TPSA) is 22.1 Å². The Hall–Kier alpha value is -0.710. The number of hydrogen-bond donors (Lipinski definition) is 0. The first-order valence-corrected chi connectivity index (χ1v) is 9.27. The van der Waals surface area contributed by atoms with Crippen molar-refractivity contribution in [3.05, 3.63) is 51.2 Å². The minimum Gasteiger partial charge on any atom is -0.377 e. The zero-order valence-electron chi connectivity index (χ0n) is 12.8. The molecule has 0 saturated heterocycles. The molecule has 0 amide bonds. The van der Waals surface area contributed by atoms with Gasteiger partial charge in [-0.2, -0.15) is 0 Å². The molecule has 0 fully saturated rings. The van der Waals surface area contributed by atoms with Crippen LogP contribution in [0.1, 0.15) is 38.2 Å². The van der Waals surface area contributed by atoms with Crippen molar-refractivity contribution in [2.24, 2.45) is 0 Å². The fraction of sp³-hybridized carbons (Fsp3) is 0.389. The van der Waals surface area contributed by atoms with Crippen LogP contribution in [0.25, 0.3) is 11.1 Å². The van der Waals surface area contributed by atoms with Crippen molar-refractivity contribution in [2.45, 2.75) is 39.2 Å². The average Bonchev–Trinajstić information content (AvgIpc) is 2.51. The summed E-state index contributed by atoms with van der Waals surface area (Å²) in [5, 5.41) is 0. The molecule has 0 spiro atoms. The lowest BCUT2D eigenvalue weighted by atomic mass is 10.1. The summed E-state index contributed by atoms with van der Waals surface area (Å²) in [4.78, 5) is 4.29. The fourth-order valence-corrected chi connectivity index (χ4v) is 3.04. The molecular weight excluding hydrogens is 406 g/mol. The van der Waals surface area contributed by atoms with Crippen LogP contribution in [0.4, 0.5) is 0 Å². The van der Waals surface area contributed by atoms with E-state index in [9.17, 15) is 0 Å². The second kappa shape index (κ2) is 9.43. The van der Waals surface area contributed by atoms with Gasteiger partial charge in [-0.25, -0.2) is 4.98 Å². The summed E-state index contributed by atoms with van der Waals surface area (Å²) < 4.78 is 7.70. The summed E-state index contributed by atoms with van der Waals surface area (Å²) in [7, 11) is 0. The van der Waals surface area contributed by atoms with Gasteiger partial charge in [0, 0.05) is 22.8 Å². The van der Waals surface area contributed by atoms with E-state index in [0.29, 0.717) is 6.61 Å². The van der Waals surface area contributed by atoms with E-state index in [1.807, 2.05) is 12.3 Å². The summed E-state index contributed by atoms with van der Waals surface area (Å²) in [5.41, 5.74) is 3.44. The number of pyridine rings is 1. The van der Waals surface area contributed by atoms with Crippen molar-refractivity contribution < 1.29 is 4.74 Å². The van der Waals surface area contributed by atoms with Crippen molar-refractivity contribution in [2.75, 3.05) is 6.61 Å². The number of ether oxygens (including phenoxy) is 1. The third kappa shape index (κ3) is 5.82. The first-order valence-electron chi connectivity index (χ1n) is 7.68. The smallest absolute Gasteiger partial charge is 0.106 e. The van der Waals surface area contributed by atoms with E-state index in [-0.39, 0.29) is 0 Å². The van der Waals surface area contributed by atoms with Gasteiger partial charge >= 0.3 is 0 Å². The lowest BCUT2D eigenvalue weighted by molar-refractivity contribution is 0.117. The Bertz CT molecular complexity index is 584. The van der Waals surface area contributed by atoms with Crippen LogP contribution in [0.2, 0.25) is 0 Å². The Morgan fingerprint density at radius 1 is 1.00 bits per heavy atom.